The minimum absolute atomic E-state index is 0.252. The molecular weight excluding hydrogens is 220 g/mol. The van der Waals surface area contributed by atoms with Crippen molar-refractivity contribution >= 4 is 17.3 Å². The fourth-order valence-electron chi connectivity index (χ4n) is 2.07. The molecule has 0 saturated carbocycles. The predicted molar refractivity (Wildman–Crippen MR) is 55.0 cm³/mol. The smallest absolute Gasteiger partial charge is 0.171 e. The molecule has 0 aromatic carbocycles. The van der Waals surface area contributed by atoms with Gasteiger partial charge in [-0.05, 0) is 12.2 Å². The van der Waals surface area contributed by atoms with Crippen LogP contribution in [0.15, 0.2) is 0 Å². The zero-order valence-corrected chi connectivity index (χ0v) is 9.02. The Hall–Kier alpha value is -0.470. The average Bonchev–Trinajstić information content (AvgIpc) is 2.64. The Bertz CT molecular complexity index is 259. The van der Waals surface area contributed by atoms with Crippen LogP contribution in [-0.2, 0) is 4.74 Å². The van der Waals surface area contributed by atoms with Gasteiger partial charge in [0.1, 0.15) is 18.3 Å². The highest BCUT2D eigenvalue weighted by atomic mass is 32.1. The standard InChI is InChI=1S/C8H14N2O4S/c1-9-8(15)10-3-2-14-7(10)6(13)5(12)4(3)11/h3-7,11-13H,2H2,1H3,(H,9,15)/t3-,4+,5-,6+,7+/m0/s1. The molecule has 0 spiro atoms. The second-order valence-electron chi connectivity index (χ2n) is 3.73. The molecule has 7 heteroatoms. The van der Waals surface area contributed by atoms with Crippen molar-refractivity contribution in [3.8, 4) is 0 Å². The van der Waals surface area contributed by atoms with Crippen LogP contribution in [0.25, 0.3) is 0 Å². The summed E-state index contributed by atoms with van der Waals surface area (Å²) in [7, 11) is 1.66. The second kappa shape index (κ2) is 3.84. The van der Waals surface area contributed by atoms with E-state index in [1.54, 1.807) is 11.9 Å². The number of thiocarbonyl (C=S) groups is 1. The van der Waals surface area contributed by atoms with Crippen molar-refractivity contribution in [2.24, 2.45) is 0 Å². The van der Waals surface area contributed by atoms with Crippen molar-refractivity contribution in [2.45, 2.75) is 30.6 Å². The van der Waals surface area contributed by atoms with E-state index in [1.807, 2.05) is 0 Å². The molecule has 2 rings (SSSR count). The lowest BCUT2D eigenvalue weighted by Crippen LogP contribution is -2.65. The van der Waals surface area contributed by atoms with Crippen LogP contribution in [0.4, 0.5) is 0 Å². The van der Waals surface area contributed by atoms with Crippen molar-refractivity contribution in [1.29, 1.82) is 0 Å². The summed E-state index contributed by atoms with van der Waals surface area (Å²) in [6.45, 7) is 0.252. The molecule has 15 heavy (non-hydrogen) atoms. The van der Waals surface area contributed by atoms with Gasteiger partial charge in [-0.25, -0.2) is 0 Å². The number of nitrogens with one attached hydrogen (secondary N) is 1. The summed E-state index contributed by atoms with van der Waals surface area (Å²) in [5.74, 6) is 0. The van der Waals surface area contributed by atoms with Crippen LogP contribution < -0.4 is 5.32 Å². The van der Waals surface area contributed by atoms with Crippen LogP contribution in [0.3, 0.4) is 0 Å². The topological polar surface area (TPSA) is 85.2 Å². The lowest BCUT2D eigenvalue weighted by molar-refractivity contribution is -0.154. The van der Waals surface area contributed by atoms with Crippen LogP contribution in [0.1, 0.15) is 0 Å². The first-order valence-electron chi connectivity index (χ1n) is 4.73. The zero-order valence-electron chi connectivity index (χ0n) is 8.20. The molecule has 2 saturated heterocycles. The number of aliphatic hydroxyl groups excluding tert-OH is 3. The lowest BCUT2D eigenvalue weighted by atomic mass is 9.95. The van der Waals surface area contributed by atoms with Gasteiger partial charge in [-0.1, -0.05) is 0 Å². The molecule has 2 aliphatic rings. The molecule has 86 valence electrons. The first-order chi connectivity index (χ1) is 7.07. The van der Waals surface area contributed by atoms with Gasteiger partial charge in [0.2, 0.25) is 0 Å². The van der Waals surface area contributed by atoms with Gasteiger partial charge in [0.15, 0.2) is 11.3 Å². The minimum Gasteiger partial charge on any atom is -0.388 e. The Kier molecular flexibility index (Phi) is 2.82. The zero-order chi connectivity index (χ0) is 11.2. The van der Waals surface area contributed by atoms with Crippen LogP contribution in [0.2, 0.25) is 0 Å². The van der Waals surface area contributed by atoms with Crippen LogP contribution >= 0.6 is 12.2 Å². The van der Waals surface area contributed by atoms with Crippen molar-refractivity contribution in [2.75, 3.05) is 13.7 Å². The van der Waals surface area contributed by atoms with Gasteiger partial charge in [-0.2, -0.15) is 0 Å². The number of ether oxygens (including phenoxy) is 1. The van der Waals surface area contributed by atoms with Crippen LogP contribution in [0, 0.1) is 0 Å². The van der Waals surface area contributed by atoms with Gasteiger partial charge < -0.3 is 30.3 Å². The molecule has 2 fully saturated rings. The van der Waals surface area contributed by atoms with E-state index in [4.69, 9.17) is 17.0 Å². The van der Waals surface area contributed by atoms with Gasteiger partial charge in [-0.15, -0.1) is 0 Å². The molecule has 2 aliphatic heterocycles. The number of hydrogen-bond acceptors (Lipinski definition) is 5. The minimum atomic E-state index is -1.18. The first-order valence-corrected chi connectivity index (χ1v) is 5.14. The highest BCUT2D eigenvalue weighted by molar-refractivity contribution is 7.80. The van der Waals surface area contributed by atoms with Crippen LogP contribution in [0.5, 0.6) is 0 Å². The third-order valence-electron chi connectivity index (χ3n) is 2.90. The van der Waals surface area contributed by atoms with Crippen molar-refractivity contribution < 1.29 is 20.1 Å². The van der Waals surface area contributed by atoms with Gasteiger partial charge in [0.05, 0.1) is 12.6 Å². The fourth-order valence-corrected chi connectivity index (χ4v) is 2.31. The van der Waals surface area contributed by atoms with E-state index in [-0.39, 0.29) is 6.61 Å². The quantitative estimate of drug-likeness (QED) is 0.348. The summed E-state index contributed by atoms with van der Waals surface area (Å²) >= 11 is 5.04. The number of rotatable bonds is 0. The van der Waals surface area contributed by atoms with E-state index in [2.05, 4.69) is 5.32 Å². The predicted octanol–water partition coefficient (Wildman–Crippen LogP) is -2.39. The monoisotopic (exact) mass is 234 g/mol. The summed E-state index contributed by atoms with van der Waals surface area (Å²) in [6, 6.07) is -0.395. The molecule has 0 radical (unpaired) electrons. The maximum atomic E-state index is 9.73. The summed E-state index contributed by atoms with van der Waals surface area (Å²) in [4.78, 5) is 1.59. The van der Waals surface area contributed by atoms with E-state index in [0.29, 0.717) is 5.11 Å². The molecule has 0 aliphatic carbocycles. The maximum absolute atomic E-state index is 9.73. The Labute approximate surface area is 92.4 Å². The van der Waals surface area contributed by atoms with Crippen LogP contribution in [-0.4, -0.2) is 69.6 Å². The summed E-state index contributed by atoms with van der Waals surface area (Å²) in [5.41, 5.74) is 0. The van der Waals surface area contributed by atoms with E-state index < -0.39 is 30.6 Å². The summed E-state index contributed by atoms with van der Waals surface area (Å²) in [6.07, 6.45) is -4.05. The highest BCUT2D eigenvalue weighted by Crippen LogP contribution is 2.31. The number of fused-ring (bicyclic) bond motifs is 2. The Morgan fingerprint density at radius 1 is 1.33 bits per heavy atom. The molecule has 2 bridgehead atoms. The maximum Gasteiger partial charge on any atom is 0.171 e. The lowest BCUT2D eigenvalue weighted by Gasteiger charge is -2.42. The van der Waals surface area contributed by atoms with Gasteiger partial charge in [0.25, 0.3) is 0 Å². The third-order valence-corrected chi connectivity index (χ3v) is 3.32. The summed E-state index contributed by atoms with van der Waals surface area (Å²) in [5, 5.41) is 32.1. The molecule has 5 atom stereocenters. The molecule has 2 heterocycles. The van der Waals surface area contributed by atoms with E-state index >= 15 is 0 Å². The van der Waals surface area contributed by atoms with E-state index in [9.17, 15) is 15.3 Å². The Morgan fingerprint density at radius 2 is 2.00 bits per heavy atom. The highest BCUT2D eigenvalue weighted by Gasteiger charge is 2.53. The number of piperidine rings is 1. The molecule has 0 amide bonds. The Morgan fingerprint density at radius 3 is 2.60 bits per heavy atom. The van der Waals surface area contributed by atoms with Gasteiger partial charge in [0, 0.05) is 7.05 Å². The van der Waals surface area contributed by atoms with Crippen molar-refractivity contribution in [1.82, 2.24) is 10.2 Å². The summed E-state index contributed by atoms with van der Waals surface area (Å²) < 4.78 is 5.29. The largest absolute Gasteiger partial charge is 0.388 e. The molecule has 0 aromatic rings. The molecule has 4 N–H and O–H groups in total. The SMILES string of the molecule is CNC(=S)N1[C@@H]2OC[C@H]1[C@@H](O)[C@H](O)[C@H]2O. The number of nitrogens with zero attached hydrogens (tertiary/aromatic N) is 1. The average molecular weight is 234 g/mol. The number of hydrogen-bond donors (Lipinski definition) is 4. The normalized spacial score (nSPS) is 44.3. The molecule has 0 unspecified atom stereocenters. The Balaban J connectivity index is 2.25. The molecular formula is C8H14N2O4S. The van der Waals surface area contributed by atoms with Crippen molar-refractivity contribution in [3.05, 3.63) is 0 Å². The van der Waals surface area contributed by atoms with E-state index in [0.717, 1.165) is 0 Å². The van der Waals surface area contributed by atoms with Gasteiger partial charge in [-0.3, -0.25) is 0 Å². The second-order valence-corrected chi connectivity index (χ2v) is 4.11. The van der Waals surface area contributed by atoms with Gasteiger partial charge >= 0.3 is 0 Å². The fraction of sp³-hybridized carbons (Fsp3) is 0.875. The first kappa shape index (κ1) is 11.0. The van der Waals surface area contributed by atoms with Crippen molar-refractivity contribution in [3.63, 3.8) is 0 Å². The molecule has 6 nitrogen and oxygen atoms in total. The molecule has 0 aromatic heterocycles. The number of aliphatic hydroxyl groups is 3. The van der Waals surface area contributed by atoms with E-state index in [1.165, 1.54) is 0 Å². The third kappa shape index (κ3) is 1.51.